The van der Waals surface area contributed by atoms with Gasteiger partial charge in [0.1, 0.15) is 5.82 Å². The van der Waals surface area contributed by atoms with Crippen molar-refractivity contribution < 1.29 is 0 Å². The van der Waals surface area contributed by atoms with E-state index < -0.39 is 0 Å². The minimum absolute atomic E-state index is 0.677. The summed E-state index contributed by atoms with van der Waals surface area (Å²) >= 11 is 0. The van der Waals surface area contributed by atoms with E-state index in [4.69, 9.17) is 0 Å². The van der Waals surface area contributed by atoms with Gasteiger partial charge in [-0.25, -0.2) is 4.98 Å². The monoisotopic (exact) mass is 252 g/mol. The number of rotatable bonds is 3. The van der Waals surface area contributed by atoms with E-state index in [0.717, 1.165) is 22.5 Å². The zero-order valence-corrected chi connectivity index (χ0v) is 11.1. The van der Waals surface area contributed by atoms with Crippen LogP contribution in [0.15, 0.2) is 36.7 Å². The van der Waals surface area contributed by atoms with Crippen LogP contribution in [0.4, 0.5) is 5.69 Å². The number of aryl methyl sites for hydroxylation is 2. The molecule has 2 aromatic heterocycles. The van der Waals surface area contributed by atoms with E-state index in [1.54, 1.807) is 12.4 Å². The summed E-state index contributed by atoms with van der Waals surface area (Å²) in [5.74, 6) is 0.941. The van der Waals surface area contributed by atoms with Crippen LogP contribution >= 0.6 is 0 Å². The molecule has 0 atom stereocenters. The number of aromatic nitrogens is 3. The molecule has 96 valence electrons. The average molecular weight is 252 g/mol. The summed E-state index contributed by atoms with van der Waals surface area (Å²) in [5.41, 5.74) is 5.71. The van der Waals surface area contributed by atoms with Crippen LogP contribution in [-0.2, 0) is 6.54 Å². The van der Waals surface area contributed by atoms with Crippen molar-refractivity contribution in [2.45, 2.75) is 20.4 Å². The van der Waals surface area contributed by atoms with E-state index >= 15 is 0 Å². The number of hydrogen-bond donors (Lipinski definition) is 2. The van der Waals surface area contributed by atoms with Crippen molar-refractivity contribution >= 4 is 16.7 Å². The minimum Gasteiger partial charge on any atom is -0.378 e. The Hall–Kier alpha value is -2.36. The lowest BCUT2D eigenvalue weighted by Gasteiger charge is -2.02. The van der Waals surface area contributed by atoms with Gasteiger partial charge in [-0.15, -0.1) is 0 Å². The highest BCUT2D eigenvalue weighted by molar-refractivity contribution is 5.77. The molecule has 3 rings (SSSR count). The van der Waals surface area contributed by atoms with Crippen LogP contribution < -0.4 is 5.32 Å². The SMILES string of the molecule is Cc1cc2nc(CNc3ccncc3)[nH]c2cc1C. The second-order valence-corrected chi connectivity index (χ2v) is 4.73. The largest absolute Gasteiger partial charge is 0.378 e. The number of pyridine rings is 1. The van der Waals surface area contributed by atoms with E-state index in [0.29, 0.717) is 6.54 Å². The maximum atomic E-state index is 4.60. The number of benzene rings is 1. The highest BCUT2D eigenvalue weighted by Crippen LogP contribution is 2.17. The van der Waals surface area contributed by atoms with Gasteiger partial charge in [0.2, 0.25) is 0 Å². The Labute approximate surface area is 111 Å². The number of hydrogen-bond acceptors (Lipinski definition) is 3. The lowest BCUT2D eigenvalue weighted by atomic mass is 10.1. The van der Waals surface area contributed by atoms with E-state index in [1.807, 2.05) is 12.1 Å². The first-order valence-corrected chi connectivity index (χ1v) is 6.32. The molecule has 0 unspecified atom stereocenters. The molecule has 19 heavy (non-hydrogen) atoms. The van der Waals surface area contributed by atoms with Gasteiger partial charge in [-0.2, -0.15) is 0 Å². The van der Waals surface area contributed by atoms with E-state index in [1.165, 1.54) is 11.1 Å². The molecular weight excluding hydrogens is 236 g/mol. The Kier molecular flexibility index (Phi) is 2.91. The molecule has 0 radical (unpaired) electrons. The van der Waals surface area contributed by atoms with Crippen LogP contribution in [0.3, 0.4) is 0 Å². The van der Waals surface area contributed by atoms with Crippen molar-refractivity contribution in [3.8, 4) is 0 Å². The predicted molar refractivity (Wildman–Crippen MR) is 77.1 cm³/mol. The first-order chi connectivity index (χ1) is 9.22. The highest BCUT2D eigenvalue weighted by Gasteiger charge is 2.04. The lowest BCUT2D eigenvalue weighted by Crippen LogP contribution is -2.00. The van der Waals surface area contributed by atoms with Crippen molar-refractivity contribution in [3.63, 3.8) is 0 Å². The maximum Gasteiger partial charge on any atom is 0.126 e. The van der Waals surface area contributed by atoms with Gasteiger partial charge in [-0.05, 0) is 49.2 Å². The van der Waals surface area contributed by atoms with Crippen LogP contribution in [-0.4, -0.2) is 15.0 Å². The summed E-state index contributed by atoms with van der Waals surface area (Å²) in [5, 5.41) is 3.32. The number of H-pyrrole nitrogens is 1. The normalized spacial score (nSPS) is 10.8. The summed E-state index contributed by atoms with van der Waals surface area (Å²) in [6, 6.07) is 8.15. The highest BCUT2D eigenvalue weighted by atomic mass is 15.0. The van der Waals surface area contributed by atoms with Crippen molar-refractivity contribution in [1.82, 2.24) is 15.0 Å². The third-order valence-corrected chi connectivity index (χ3v) is 3.29. The summed E-state index contributed by atoms with van der Waals surface area (Å²) < 4.78 is 0. The topological polar surface area (TPSA) is 53.6 Å². The number of anilines is 1. The van der Waals surface area contributed by atoms with Crippen LogP contribution in [0.1, 0.15) is 17.0 Å². The minimum atomic E-state index is 0.677. The van der Waals surface area contributed by atoms with Crippen molar-refractivity contribution in [2.75, 3.05) is 5.32 Å². The Balaban J connectivity index is 1.82. The molecular formula is C15H16N4. The van der Waals surface area contributed by atoms with Gasteiger partial charge in [0.15, 0.2) is 0 Å². The molecule has 3 aromatic rings. The summed E-state index contributed by atoms with van der Waals surface area (Å²) in [6.45, 7) is 4.90. The second kappa shape index (κ2) is 4.72. The molecule has 0 aliphatic heterocycles. The van der Waals surface area contributed by atoms with Gasteiger partial charge < -0.3 is 10.3 Å². The van der Waals surface area contributed by atoms with Gasteiger partial charge in [0.05, 0.1) is 17.6 Å². The lowest BCUT2D eigenvalue weighted by molar-refractivity contribution is 1.01. The van der Waals surface area contributed by atoms with Gasteiger partial charge >= 0.3 is 0 Å². The number of nitrogens with one attached hydrogen (secondary N) is 2. The zero-order valence-electron chi connectivity index (χ0n) is 11.1. The molecule has 2 N–H and O–H groups in total. The maximum absolute atomic E-state index is 4.60. The summed E-state index contributed by atoms with van der Waals surface area (Å²) in [7, 11) is 0. The molecule has 2 heterocycles. The fourth-order valence-electron chi connectivity index (χ4n) is 2.06. The van der Waals surface area contributed by atoms with Crippen molar-refractivity contribution in [2.24, 2.45) is 0 Å². The molecule has 0 bridgehead atoms. The molecule has 0 saturated carbocycles. The zero-order chi connectivity index (χ0) is 13.2. The molecule has 0 aliphatic rings. The van der Waals surface area contributed by atoms with Crippen LogP contribution in [0.2, 0.25) is 0 Å². The third-order valence-electron chi connectivity index (χ3n) is 3.29. The summed E-state index contributed by atoms with van der Waals surface area (Å²) in [4.78, 5) is 11.9. The number of fused-ring (bicyclic) bond motifs is 1. The van der Waals surface area contributed by atoms with Gasteiger partial charge in [-0.1, -0.05) is 0 Å². The molecule has 0 saturated heterocycles. The first-order valence-electron chi connectivity index (χ1n) is 6.32. The van der Waals surface area contributed by atoms with Crippen molar-refractivity contribution in [1.29, 1.82) is 0 Å². The molecule has 4 heteroatoms. The van der Waals surface area contributed by atoms with Gasteiger partial charge in [0, 0.05) is 18.1 Å². The number of imidazole rings is 1. The Bertz CT molecular complexity index is 662. The van der Waals surface area contributed by atoms with Crippen molar-refractivity contribution in [3.05, 3.63) is 53.6 Å². The number of nitrogens with zero attached hydrogens (tertiary/aromatic N) is 2. The molecule has 0 aliphatic carbocycles. The fraction of sp³-hybridized carbons (Fsp3) is 0.200. The van der Waals surface area contributed by atoms with E-state index in [2.05, 4.69) is 46.2 Å². The van der Waals surface area contributed by atoms with E-state index in [-0.39, 0.29) is 0 Å². The molecule has 0 amide bonds. The van der Waals surface area contributed by atoms with E-state index in [9.17, 15) is 0 Å². The quantitative estimate of drug-likeness (QED) is 0.752. The predicted octanol–water partition coefficient (Wildman–Crippen LogP) is 3.19. The fourth-order valence-corrected chi connectivity index (χ4v) is 2.06. The van der Waals surface area contributed by atoms with Crippen LogP contribution in [0.5, 0.6) is 0 Å². The van der Waals surface area contributed by atoms with Crippen LogP contribution in [0, 0.1) is 13.8 Å². The average Bonchev–Trinajstić information content (AvgIpc) is 2.80. The molecule has 1 aromatic carbocycles. The van der Waals surface area contributed by atoms with Gasteiger partial charge in [0.25, 0.3) is 0 Å². The molecule has 0 fully saturated rings. The Morgan fingerprint density at radius 3 is 2.63 bits per heavy atom. The smallest absolute Gasteiger partial charge is 0.126 e. The first kappa shape index (κ1) is 11.7. The molecule has 4 nitrogen and oxygen atoms in total. The van der Waals surface area contributed by atoms with Crippen LogP contribution in [0.25, 0.3) is 11.0 Å². The second-order valence-electron chi connectivity index (χ2n) is 4.73. The standard InChI is InChI=1S/C15H16N4/c1-10-7-13-14(8-11(10)2)19-15(18-13)9-17-12-3-5-16-6-4-12/h3-8H,9H2,1-2H3,(H,16,17)(H,18,19). The number of aromatic amines is 1. The molecule has 0 spiro atoms. The Morgan fingerprint density at radius 1 is 1.11 bits per heavy atom. The third kappa shape index (κ3) is 2.42. The Morgan fingerprint density at radius 2 is 1.84 bits per heavy atom. The van der Waals surface area contributed by atoms with Gasteiger partial charge in [-0.3, -0.25) is 4.98 Å². The summed E-state index contributed by atoms with van der Waals surface area (Å²) in [6.07, 6.45) is 3.54.